The van der Waals surface area contributed by atoms with Gasteiger partial charge in [0.2, 0.25) is 5.91 Å². The average Bonchev–Trinajstić information content (AvgIpc) is 2.73. The van der Waals surface area contributed by atoms with E-state index in [1.54, 1.807) is 6.92 Å². The summed E-state index contributed by atoms with van der Waals surface area (Å²) in [7, 11) is 0. The highest BCUT2D eigenvalue weighted by atomic mass is 16.5. The Balaban J connectivity index is 1.50. The van der Waals surface area contributed by atoms with Crippen molar-refractivity contribution in [3.05, 3.63) is 0 Å². The summed E-state index contributed by atoms with van der Waals surface area (Å²) in [6.45, 7) is 3.41. The summed E-state index contributed by atoms with van der Waals surface area (Å²) >= 11 is 0. The Morgan fingerprint density at radius 1 is 0.952 bits per heavy atom. The first-order chi connectivity index (χ1) is 10.2. The van der Waals surface area contributed by atoms with E-state index in [-0.39, 0.29) is 5.91 Å². The van der Waals surface area contributed by atoms with Gasteiger partial charge in [0.1, 0.15) is 0 Å². The standard InChI is InChI=1S/C17H32N2O2/c1-14(20)19-16-10-8-15(9-11-16)18-12-13-21-17-6-4-2-3-5-7-17/h15-18H,2-13H2,1H3,(H,19,20). The normalized spacial score (nSPS) is 28.0. The fraction of sp³-hybridized carbons (Fsp3) is 0.941. The fourth-order valence-corrected chi connectivity index (χ4v) is 3.63. The third-order valence-electron chi connectivity index (χ3n) is 4.83. The molecule has 0 saturated heterocycles. The monoisotopic (exact) mass is 296 g/mol. The molecule has 2 saturated carbocycles. The smallest absolute Gasteiger partial charge is 0.217 e. The van der Waals surface area contributed by atoms with Crippen LogP contribution in [0.15, 0.2) is 0 Å². The molecule has 0 aromatic carbocycles. The van der Waals surface area contributed by atoms with E-state index < -0.39 is 0 Å². The molecule has 0 heterocycles. The molecule has 0 atom stereocenters. The van der Waals surface area contributed by atoms with Crippen molar-refractivity contribution in [2.45, 2.75) is 89.3 Å². The molecule has 122 valence electrons. The maximum atomic E-state index is 11.0. The van der Waals surface area contributed by atoms with Gasteiger partial charge in [-0.1, -0.05) is 25.7 Å². The van der Waals surface area contributed by atoms with Gasteiger partial charge < -0.3 is 15.4 Å². The topological polar surface area (TPSA) is 50.4 Å². The van der Waals surface area contributed by atoms with Crippen LogP contribution in [0, 0.1) is 0 Å². The van der Waals surface area contributed by atoms with Crippen LogP contribution < -0.4 is 10.6 Å². The molecule has 0 bridgehead atoms. The van der Waals surface area contributed by atoms with Crippen molar-refractivity contribution in [3.63, 3.8) is 0 Å². The van der Waals surface area contributed by atoms with Gasteiger partial charge in [-0.05, 0) is 38.5 Å². The molecule has 0 radical (unpaired) electrons. The molecule has 2 aliphatic carbocycles. The quantitative estimate of drug-likeness (QED) is 0.585. The SMILES string of the molecule is CC(=O)NC1CCC(NCCOC2CCCCCC2)CC1. The van der Waals surface area contributed by atoms with E-state index in [4.69, 9.17) is 4.74 Å². The van der Waals surface area contributed by atoms with E-state index in [9.17, 15) is 4.79 Å². The molecule has 2 aliphatic rings. The van der Waals surface area contributed by atoms with Gasteiger partial charge in [-0.15, -0.1) is 0 Å². The van der Waals surface area contributed by atoms with Gasteiger partial charge >= 0.3 is 0 Å². The summed E-state index contributed by atoms with van der Waals surface area (Å²) in [5.41, 5.74) is 0. The van der Waals surface area contributed by atoms with Gasteiger partial charge in [-0.25, -0.2) is 0 Å². The van der Waals surface area contributed by atoms with E-state index in [0.29, 0.717) is 18.2 Å². The number of carbonyl (C=O) groups excluding carboxylic acids is 1. The molecule has 0 aromatic rings. The van der Waals surface area contributed by atoms with Crippen molar-refractivity contribution in [3.8, 4) is 0 Å². The molecule has 2 fully saturated rings. The molecule has 2 rings (SSSR count). The Kier molecular flexibility index (Phi) is 7.51. The fourth-order valence-electron chi connectivity index (χ4n) is 3.63. The van der Waals surface area contributed by atoms with E-state index in [1.807, 2.05) is 0 Å². The zero-order valence-corrected chi connectivity index (χ0v) is 13.5. The highest BCUT2D eigenvalue weighted by molar-refractivity contribution is 5.73. The lowest BCUT2D eigenvalue weighted by Crippen LogP contribution is -2.42. The van der Waals surface area contributed by atoms with Gasteiger partial charge in [0.05, 0.1) is 12.7 Å². The second-order valence-electron chi connectivity index (χ2n) is 6.69. The summed E-state index contributed by atoms with van der Waals surface area (Å²) < 4.78 is 6.01. The second kappa shape index (κ2) is 9.42. The van der Waals surface area contributed by atoms with Crippen LogP contribution in [0.3, 0.4) is 0 Å². The molecule has 2 N–H and O–H groups in total. The minimum atomic E-state index is 0.100. The van der Waals surface area contributed by atoms with Crippen LogP contribution in [0.5, 0.6) is 0 Å². The largest absolute Gasteiger partial charge is 0.377 e. The molecule has 4 nitrogen and oxygen atoms in total. The van der Waals surface area contributed by atoms with Crippen LogP contribution in [-0.4, -0.2) is 37.2 Å². The van der Waals surface area contributed by atoms with Gasteiger partial charge in [-0.3, -0.25) is 4.79 Å². The summed E-state index contributed by atoms with van der Waals surface area (Å²) in [6, 6.07) is 0.996. The number of hydrogen-bond acceptors (Lipinski definition) is 3. The van der Waals surface area contributed by atoms with Crippen molar-refractivity contribution < 1.29 is 9.53 Å². The molecular weight excluding hydrogens is 264 g/mol. The van der Waals surface area contributed by atoms with Gasteiger partial charge in [0, 0.05) is 25.6 Å². The number of carbonyl (C=O) groups is 1. The molecule has 0 aromatic heterocycles. The molecule has 1 amide bonds. The Hall–Kier alpha value is -0.610. The minimum absolute atomic E-state index is 0.100. The molecule has 0 aliphatic heterocycles. The van der Waals surface area contributed by atoms with Crippen molar-refractivity contribution in [1.29, 1.82) is 0 Å². The molecule has 0 unspecified atom stereocenters. The Morgan fingerprint density at radius 3 is 2.19 bits per heavy atom. The van der Waals surface area contributed by atoms with Crippen LogP contribution in [0.1, 0.15) is 71.1 Å². The predicted molar refractivity (Wildman–Crippen MR) is 85.3 cm³/mol. The Labute approximate surface area is 129 Å². The first-order valence-electron chi connectivity index (χ1n) is 8.86. The highest BCUT2D eigenvalue weighted by Gasteiger charge is 2.21. The van der Waals surface area contributed by atoms with Gasteiger partial charge in [0.15, 0.2) is 0 Å². The van der Waals surface area contributed by atoms with Gasteiger partial charge in [0.25, 0.3) is 0 Å². The third kappa shape index (κ3) is 6.79. The number of rotatable bonds is 6. The van der Waals surface area contributed by atoms with Crippen molar-refractivity contribution in [1.82, 2.24) is 10.6 Å². The third-order valence-corrected chi connectivity index (χ3v) is 4.83. The van der Waals surface area contributed by atoms with Crippen LogP contribution in [0.25, 0.3) is 0 Å². The van der Waals surface area contributed by atoms with Crippen LogP contribution in [0.2, 0.25) is 0 Å². The zero-order valence-electron chi connectivity index (χ0n) is 13.5. The number of nitrogens with one attached hydrogen (secondary N) is 2. The van der Waals surface area contributed by atoms with E-state index >= 15 is 0 Å². The van der Waals surface area contributed by atoms with Crippen molar-refractivity contribution in [2.75, 3.05) is 13.2 Å². The molecule has 21 heavy (non-hydrogen) atoms. The zero-order chi connectivity index (χ0) is 14.9. The van der Waals surface area contributed by atoms with Crippen LogP contribution in [-0.2, 0) is 9.53 Å². The lowest BCUT2D eigenvalue weighted by Gasteiger charge is -2.29. The Bertz CT molecular complexity index is 293. The van der Waals surface area contributed by atoms with E-state index in [0.717, 1.165) is 38.8 Å². The van der Waals surface area contributed by atoms with E-state index in [2.05, 4.69) is 10.6 Å². The first-order valence-corrected chi connectivity index (χ1v) is 8.86. The van der Waals surface area contributed by atoms with Gasteiger partial charge in [-0.2, -0.15) is 0 Å². The Morgan fingerprint density at radius 2 is 1.57 bits per heavy atom. The molecule has 4 heteroatoms. The summed E-state index contributed by atoms with van der Waals surface area (Å²) in [5.74, 6) is 0.100. The molecular formula is C17H32N2O2. The van der Waals surface area contributed by atoms with E-state index in [1.165, 1.54) is 38.5 Å². The van der Waals surface area contributed by atoms with Crippen molar-refractivity contribution in [2.24, 2.45) is 0 Å². The highest BCUT2D eigenvalue weighted by Crippen LogP contribution is 2.20. The van der Waals surface area contributed by atoms with Crippen LogP contribution >= 0.6 is 0 Å². The number of amides is 1. The second-order valence-corrected chi connectivity index (χ2v) is 6.69. The van der Waals surface area contributed by atoms with Crippen LogP contribution in [0.4, 0.5) is 0 Å². The maximum Gasteiger partial charge on any atom is 0.217 e. The summed E-state index contributed by atoms with van der Waals surface area (Å²) in [5, 5.41) is 6.64. The first kappa shape index (κ1) is 16.8. The average molecular weight is 296 g/mol. The number of hydrogen-bond donors (Lipinski definition) is 2. The summed E-state index contributed by atoms with van der Waals surface area (Å²) in [6.07, 6.45) is 13.0. The lowest BCUT2D eigenvalue weighted by molar-refractivity contribution is -0.119. The maximum absolute atomic E-state index is 11.0. The predicted octanol–water partition coefficient (Wildman–Crippen LogP) is 2.76. The number of ether oxygens (including phenoxy) is 1. The van der Waals surface area contributed by atoms with Crippen molar-refractivity contribution >= 4 is 5.91 Å². The lowest BCUT2D eigenvalue weighted by atomic mass is 9.91. The minimum Gasteiger partial charge on any atom is -0.377 e. The molecule has 0 spiro atoms. The summed E-state index contributed by atoms with van der Waals surface area (Å²) in [4.78, 5) is 11.0.